The maximum atomic E-state index is 12.2. The molecule has 0 bridgehead atoms. The predicted octanol–water partition coefficient (Wildman–Crippen LogP) is 0.368. The molecule has 0 aliphatic heterocycles. The van der Waals surface area contributed by atoms with E-state index in [1.807, 2.05) is 0 Å². The van der Waals surface area contributed by atoms with Gasteiger partial charge in [-0.05, 0) is 25.3 Å². The lowest BCUT2D eigenvalue weighted by Gasteiger charge is -2.26. The molecular formula is C12H22N2O2. The van der Waals surface area contributed by atoms with Gasteiger partial charge in [-0.25, -0.2) is 0 Å². The van der Waals surface area contributed by atoms with Crippen LogP contribution in [0.5, 0.6) is 0 Å². The predicted molar refractivity (Wildman–Crippen MR) is 63.7 cm³/mol. The molecule has 0 aromatic heterocycles. The number of nitrogens with zero attached hydrogens (tertiary/aromatic N) is 1. The molecule has 3 N–H and O–H groups in total. The van der Waals surface area contributed by atoms with Crippen LogP contribution in [0.25, 0.3) is 0 Å². The highest BCUT2D eigenvalue weighted by Gasteiger charge is 2.34. The monoisotopic (exact) mass is 226 g/mol. The highest BCUT2D eigenvalue weighted by Crippen LogP contribution is 2.32. The molecule has 2 unspecified atom stereocenters. The van der Waals surface area contributed by atoms with Gasteiger partial charge in [0, 0.05) is 19.0 Å². The molecule has 0 spiro atoms. The summed E-state index contributed by atoms with van der Waals surface area (Å²) in [5, 5.41) is 8.93. The standard InChI is InChI=1S/C12H22N2O2/c1-2-6-14(7-8-15)12(16)11-5-3-4-10(11)9-13/h2,10-11,15H,1,3-9,13H2. The van der Waals surface area contributed by atoms with Gasteiger partial charge in [0.2, 0.25) is 5.91 Å². The number of hydrogen-bond donors (Lipinski definition) is 2. The van der Waals surface area contributed by atoms with Gasteiger partial charge < -0.3 is 15.7 Å². The van der Waals surface area contributed by atoms with Crippen LogP contribution in [0.2, 0.25) is 0 Å². The van der Waals surface area contributed by atoms with Crippen molar-refractivity contribution in [1.82, 2.24) is 4.90 Å². The number of nitrogens with two attached hydrogens (primary N) is 1. The Morgan fingerprint density at radius 3 is 2.88 bits per heavy atom. The molecule has 1 rings (SSSR count). The van der Waals surface area contributed by atoms with Crippen LogP contribution in [0.15, 0.2) is 12.7 Å². The fourth-order valence-electron chi connectivity index (χ4n) is 2.45. The molecule has 1 saturated carbocycles. The van der Waals surface area contributed by atoms with Gasteiger partial charge in [0.1, 0.15) is 0 Å². The second kappa shape index (κ2) is 6.66. The van der Waals surface area contributed by atoms with Crippen LogP contribution in [0.1, 0.15) is 19.3 Å². The molecule has 92 valence electrons. The molecule has 1 aliphatic carbocycles. The van der Waals surface area contributed by atoms with E-state index in [0.717, 1.165) is 19.3 Å². The first-order chi connectivity index (χ1) is 7.74. The number of carbonyl (C=O) groups is 1. The van der Waals surface area contributed by atoms with Gasteiger partial charge in [-0.15, -0.1) is 6.58 Å². The molecule has 0 heterocycles. The van der Waals surface area contributed by atoms with Crippen molar-refractivity contribution in [3.05, 3.63) is 12.7 Å². The highest BCUT2D eigenvalue weighted by atomic mass is 16.3. The lowest BCUT2D eigenvalue weighted by Crippen LogP contribution is -2.40. The molecular weight excluding hydrogens is 204 g/mol. The lowest BCUT2D eigenvalue weighted by atomic mass is 9.94. The largest absolute Gasteiger partial charge is 0.395 e. The molecule has 1 amide bonds. The summed E-state index contributed by atoms with van der Waals surface area (Å²) in [6.07, 6.45) is 4.76. The average Bonchev–Trinajstić information content (AvgIpc) is 2.75. The first-order valence-electron chi connectivity index (χ1n) is 5.95. The van der Waals surface area contributed by atoms with E-state index in [2.05, 4.69) is 6.58 Å². The summed E-state index contributed by atoms with van der Waals surface area (Å²) in [6, 6.07) is 0. The molecule has 0 saturated heterocycles. The van der Waals surface area contributed by atoms with Gasteiger partial charge in [0.15, 0.2) is 0 Å². The fourth-order valence-corrected chi connectivity index (χ4v) is 2.45. The Hall–Kier alpha value is -0.870. The van der Waals surface area contributed by atoms with Crippen molar-refractivity contribution in [2.45, 2.75) is 19.3 Å². The Kier molecular flexibility index (Phi) is 5.49. The maximum absolute atomic E-state index is 12.2. The number of rotatable bonds is 6. The Bertz CT molecular complexity index is 243. The van der Waals surface area contributed by atoms with E-state index in [0.29, 0.717) is 25.6 Å². The first-order valence-corrected chi connectivity index (χ1v) is 5.95. The molecule has 16 heavy (non-hydrogen) atoms. The summed E-state index contributed by atoms with van der Waals surface area (Å²) in [5.74, 6) is 0.497. The van der Waals surface area contributed by atoms with Crippen molar-refractivity contribution < 1.29 is 9.90 Å². The quantitative estimate of drug-likeness (QED) is 0.643. The Labute approximate surface area is 97.1 Å². The summed E-state index contributed by atoms with van der Waals surface area (Å²) in [7, 11) is 0. The van der Waals surface area contributed by atoms with E-state index in [1.165, 1.54) is 0 Å². The van der Waals surface area contributed by atoms with Crippen LogP contribution >= 0.6 is 0 Å². The van der Waals surface area contributed by atoms with E-state index in [9.17, 15) is 4.79 Å². The molecule has 4 nitrogen and oxygen atoms in total. The number of hydrogen-bond acceptors (Lipinski definition) is 3. The van der Waals surface area contributed by atoms with Gasteiger partial charge in [0.25, 0.3) is 0 Å². The Morgan fingerprint density at radius 1 is 1.56 bits per heavy atom. The minimum absolute atomic E-state index is 0.000405. The number of carbonyl (C=O) groups excluding carboxylic acids is 1. The van der Waals surface area contributed by atoms with Crippen molar-refractivity contribution >= 4 is 5.91 Å². The molecule has 0 aromatic rings. The number of aliphatic hydroxyl groups is 1. The van der Waals surface area contributed by atoms with Crippen molar-refractivity contribution in [1.29, 1.82) is 0 Å². The zero-order valence-corrected chi connectivity index (χ0v) is 9.77. The summed E-state index contributed by atoms with van der Waals surface area (Å²) in [6.45, 7) is 5.11. The molecule has 1 aliphatic rings. The SMILES string of the molecule is C=CCN(CCO)C(=O)C1CCCC1CN. The summed E-state index contributed by atoms with van der Waals surface area (Å²) in [4.78, 5) is 13.9. The van der Waals surface area contributed by atoms with Crippen molar-refractivity contribution in [3.63, 3.8) is 0 Å². The van der Waals surface area contributed by atoms with Crippen LogP contribution in [-0.2, 0) is 4.79 Å². The smallest absolute Gasteiger partial charge is 0.226 e. The van der Waals surface area contributed by atoms with E-state index in [-0.39, 0.29) is 18.4 Å². The zero-order valence-electron chi connectivity index (χ0n) is 9.77. The third-order valence-corrected chi connectivity index (χ3v) is 3.31. The third kappa shape index (κ3) is 3.06. The van der Waals surface area contributed by atoms with Crippen LogP contribution in [-0.4, -0.2) is 42.2 Å². The molecule has 4 heteroatoms. The van der Waals surface area contributed by atoms with Crippen LogP contribution in [0, 0.1) is 11.8 Å². The van der Waals surface area contributed by atoms with Crippen molar-refractivity contribution in [2.24, 2.45) is 17.6 Å². The summed E-state index contributed by atoms with van der Waals surface area (Å²) in [5.41, 5.74) is 5.67. The molecule has 2 atom stereocenters. The minimum Gasteiger partial charge on any atom is -0.395 e. The van der Waals surface area contributed by atoms with E-state index < -0.39 is 0 Å². The van der Waals surface area contributed by atoms with Crippen LogP contribution in [0.4, 0.5) is 0 Å². The molecule has 0 radical (unpaired) electrons. The number of aliphatic hydroxyl groups excluding tert-OH is 1. The van der Waals surface area contributed by atoms with Crippen molar-refractivity contribution in [2.75, 3.05) is 26.2 Å². The van der Waals surface area contributed by atoms with Gasteiger partial charge in [0.05, 0.1) is 6.61 Å². The van der Waals surface area contributed by atoms with E-state index >= 15 is 0 Å². The van der Waals surface area contributed by atoms with E-state index in [4.69, 9.17) is 10.8 Å². The van der Waals surface area contributed by atoms with Gasteiger partial charge in [-0.2, -0.15) is 0 Å². The fraction of sp³-hybridized carbons (Fsp3) is 0.750. The normalized spacial score (nSPS) is 24.4. The first kappa shape index (κ1) is 13.2. The van der Waals surface area contributed by atoms with Crippen LogP contribution < -0.4 is 5.73 Å². The van der Waals surface area contributed by atoms with E-state index in [1.54, 1.807) is 11.0 Å². The van der Waals surface area contributed by atoms with Crippen molar-refractivity contribution in [3.8, 4) is 0 Å². The topological polar surface area (TPSA) is 66.6 Å². The number of amides is 1. The minimum atomic E-state index is -0.000405. The molecule has 0 aromatic carbocycles. The van der Waals surface area contributed by atoms with Gasteiger partial charge in [-0.3, -0.25) is 4.79 Å². The lowest BCUT2D eigenvalue weighted by molar-refractivity contribution is -0.136. The van der Waals surface area contributed by atoms with Gasteiger partial charge in [-0.1, -0.05) is 12.5 Å². The highest BCUT2D eigenvalue weighted by molar-refractivity contribution is 5.79. The van der Waals surface area contributed by atoms with Crippen LogP contribution in [0.3, 0.4) is 0 Å². The average molecular weight is 226 g/mol. The summed E-state index contributed by atoms with van der Waals surface area (Å²) < 4.78 is 0. The second-order valence-corrected chi connectivity index (χ2v) is 4.33. The Morgan fingerprint density at radius 2 is 2.31 bits per heavy atom. The second-order valence-electron chi connectivity index (χ2n) is 4.33. The van der Waals surface area contributed by atoms with Gasteiger partial charge >= 0.3 is 0 Å². The molecule has 1 fully saturated rings. The summed E-state index contributed by atoms with van der Waals surface area (Å²) >= 11 is 0. The maximum Gasteiger partial charge on any atom is 0.226 e. The third-order valence-electron chi connectivity index (χ3n) is 3.31. The zero-order chi connectivity index (χ0) is 12.0. The Balaban J connectivity index is 2.61.